The van der Waals surface area contributed by atoms with Gasteiger partial charge in [0.2, 0.25) is 5.91 Å². The van der Waals surface area contributed by atoms with Gasteiger partial charge in [-0.3, -0.25) is 9.59 Å². The first-order valence-electron chi connectivity index (χ1n) is 7.44. The first kappa shape index (κ1) is 17.7. The number of amides is 2. The number of carbonyl (C=O) groups excluding carboxylic acids is 2. The summed E-state index contributed by atoms with van der Waals surface area (Å²) in [5, 5.41) is 0.893. The van der Waals surface area contributed by atoms with Crippen LogP contribution in [0.2, 0.25) is 10.0 Å². The lowest BCUT2D eigenvalue weighted by molar-refractivity contribution is -0.139. The van der Waals surface area contributed by atoms with Crippen LogP contribution in [0.5, 0.6) is 0 Å². The van der Waals surface area contributed by atoms with Crippen molar-refractivity contribution >= 4 is 35.0 Å². The van der Waals surface area contributed by atoms with Crippen LogP contribution < -0.4 is 0 Å². The molecule has 0 aromatic heterocycles. The van der Waals surface area contributed by atoms with Gasteiger partial charge in [-0.2, -0.15) is 0 Å². The topological polar surface area (TPSA) is 40.6 Å². The molecule has 1 aromatic carbocycles. The van der Waals surface area contributed by atoms with Gasteiger partial charge in [-0.05, 0) is 23.6 Å². The molecule has 23 heavy (non-hydrogen) atoms. The fourth-order valence-electron chi connectivity index (χ4n) is 2.59. The van der Waals surface area contributed by atoms with E-state index < -0.39 is 0 Å². The second kappa shape index (κ2) is 7.72. The van der Waals surface area contributed by atoms with Crippen molar-refractivity contribution in [2.45, 2.75) is 26.3 Å². The Labute approximate surface area is 146 Å². The van der Waals surface area contributed by atoms with E-state index in [1.165, 1.54) is 6.92 Å². The maximum absolute atomic E-state index is 12.1. The van der Waals surface area contributed by atoms with Crippen molar-refractivity contribution in [3.05, 3.63) is 33.8 Å². The predicted octanol–water partition coefficient (Wildman–Crippen LogP) is 3.14. The molecule has 0 N–H and O–H groups in total. The minimum absolute atomic E-state index is 0.0344. The van der Waals surface area contributed by atoms with Crippen LogP contribution in [0, 0.1) is 11.8 Å². The molecule has 1 aromatic rings. The van der Waals surface area contributed by atoms with E-state index in [1.807, 2.05) is 13.0 Å². The molecule has 1 aliphatic rings. The maximum atomic E-state index is 12.1. The minimum Gasteiger partial charge on any atom is -0.332 e. The summed E-state index contributed by atoms with van der Waals surface area (Å²) in [6.45, 7) is 4.77. The SMILES string of the molecule is CCC#CC(=O)N1CCN(C(C)=O)C(c2ccc(Cl)c(Cl)c2)C1. The second-order valence-corrected chi connectivity index (χ2v) is 6.12. The van der Waals surface area contributed by atoms with Gasteiger partial charge < -0.3 is 9.80 Å². The van der Waals surface area contributed by atoms with Crippen LogP contribution in [0.15, 0.2) is 18.2 Å². The van der Waals surface area contributed by atoms with Gasteiger partial charge in [0.15, 0.2) is 0 Å². The second-order valence-electron chi connectivity index (χ2n) is 5.31. The standard InChI is InChI=1S/C17H18Cl2N2O2/c1-3-4-5-17(23)20-8-9-21(12(2)22)16(11-20)13-6-7-14(18)15(19)10-13/h6-7,10,16H,3,8-9,11H2,1-2H3. The molecule has 1 saturated heterocycles. The lowest BCUT2D eigenvalue weighted by Crippen LogP contribution is -2.51. The molecule has 2 amide bonds. The maximum Gasteiger partial charge on any atom is 0.298 e. The molecule has 2 rings (SSSR count). The van der Waals surface area contributed by atoms with Gasteiger partial charge in [-0.15, -0.1) is 0 Å². The molecule has 122 valence electrons. The summed E-state index contributed by atoms with van der Waals surface area (Å²) in [7, 11) is 0. The Morgan fingerprint density at radius 1 is 1.26 bits per heavy atom. The highest BCUT2D eigenvalue weighted by Crippen LogP contribution is 2.30. The summed E-state index contributed by atoms with van der Waals surface area (Å²) in [6.07, 6.45) is 0.634. The van der Waals surface area contributed by atoms with Crippen LogP contribution in [0.1, 0.15) is 31.9 Å². The van der Waals surface area contributed by atoms with Crippen LogP contribution >= 0.6 is 23.2 Å². The van der Waals surface area contributed by atoms with Gasteiger partial charge in [0, 0.05) is 33.0 Å². The summed E-state index contributed by atoms with van der Waals surface area (Å²) < 4.78 is 0. The lowest BCUT2D eigenvalue weighted by atomic mass is 10.0. The summed E-state index contributed by atoms with van der Waals surface area (Å²) in [5.41, 5.74) is 0.857. The number of rotatable bonds is 1. The number of benzene rings is 1. The molecule has 0 saturated carbocycles. The van der Waals surface area contributed by atoms with Gasteiger partial charge in [-0.25, -0.2) is 0 Å². The van der Waals surface area contributed by atoms with Crippen molar-refractivity contribution in [3.8, 4) is 11.8 Å². The number of hydrogen-bond acceptors (Lipinski definition) is 2. The summed E-state index contributed by atoms with van der Waals surface area (Å²) in [6, 6.07) is 5.04. The molecule has 0 aliphatic carbocycles. The average molecular weight is 353 g/mol. The Morgan fingerprint density at radius 3 is 2.61 bits per heavy atom. The minimum atomic E-state index is -0.247. The Balaban J connectivity index is 2.28. The van der Waals surface area contributed by atoms with Gasteiger partial charge in [-0.1, -0.05) is 42.1 Å². The number of piperazine rings is 1. The zero-order chi connectivity index (χ0) is 17.0. The van der Waals surface area contributed by atoms with Crippen LogP contribution in [0.25, 0.3) is 0 Å². The van der Waals surface area contributed by atoms with Crippen LogP contribution in [-0.4, -0.2) is 41.2 Å². The van der Waals surface area contributed by atoms with E-state index in [-0.39, 0.29) is 17.9 Å². The van der Waals surface area contributed by atoms with Crippen LogP contribution in [-0.2, 0) is 9.59 Å². The molecule has 0 bridgehead atoms. The van der Waals surface area contributed by atoms with Gasteiger partial charge in [0.1, 0.15) is 0 Å². The van der Waals surface area contributed by atoms with E-state index in [2.05, 4.69) is 11.8 Å². The van der Waals surface area contributed by atoms with Crippen molar-refractivity contribution in [2.75, 3.05) is 19.6 Å². The number of halogens is 2. The fraction of sp³-hybridized carbons (Fsp3) is 0.412. The quantitative estimate of drug-likeness (QED) is 0.728. The van der Waals surface area contributed by atoms with Crippen molar-refractivity contribution in [3.63, 3.8) is 0 Å². The molecular formula is C17H18Cl2N2O2. The molecule has 0 radical (unpaired) electrons. The van der Waals surface area contributed by atoms with Crippen molar-refractivity contribution in [1.29, 1.82) is 0 Å². The van der Waals surface area contributed by atoms with Gasteiger partial charge >= 0.3 is 0 Å². The number of carbonyl (C=O) groups is 2. The van der Waals surface area contributed by atoms with E-state index in [0.717, 1.165) is 5.56 Å². The zero-order valence-electron chi connectivity index (χ0n) is 13.1. The summed E-state index contributed by atoms with van der Waals surface area (Å²) >= 11 is 12.0. The van der Waals surface area contributed by atoms with Gasteiger partial charge in [0.25, 0.3) is 5.91 Å². The first-order valence-corrected chi connectivity index (χ1v) is 8.19. The highest BCUT2D eigenvalue weighted by molar-refractivity contribution is 6.42. The highest BCUT2D eigenvalue weighted by atomic mass is 35.5. The normalized spacial score (nSPS) is 17.5. The fourth-order valence-corrected chi connectivity index (χ4v) is 2.90. The van der Waals surface area contributed by atoms with E-state index in [9.17, 15) is 9.59 Å². The molecule has 0 spiro atoms. The van der Waals surface area contributed by atoms with E-state index in [4.69, 9.17) is 23.2 Å². The Morgan fingerprint density at radius 2 is 2.00 bits per heavy atom. The van der Waals surface area contributed by atoms with Crippen molar-refractivity contribution in [2.24, 2.45) is 0 Å². The average Bonchev–Trinajstić information content (AvgIpc) is 2.54. The largest absolute Gasteiger partial charge is 0.332 e. The molecule has 1 unspecified atom stereocenters. The van der Waals surface area contributed by atoms with E-state index in [1.54, 1.807) is 21.9 Å². The lowest BCUT2D eigenvalue weighted by Gasteiger charge is -2.40. The Bertz CT molecular complexity index is 679. The third-order valence-corrected chi connectivity index (χ3v) is 4.51. The molecule has 1 heterocycles. The van der Waals surface area contributed by atoms with E-state index in [0.29, 0.717) is 36.1 Å². The Kier molecular flexibility index (Phi) is 5.92. The van der Waals surface area contributed by atoms with Crippen LogP contribution in [0.3, 0.4) is 0 Å². The Hall–Kier alpha value is -1.70. The first-order chi connectivity index (χ1) is 10.9. The molecule has 1 atom stereocenters. The van der Waals surface area contributed by atoms with Crippen LogP contribution in [0.4, 0.5) is 0 Å². The monoisotopic (exact) mass is 352 g/mol. The predicted molar refractivity (Wildman–Crippen MR) is 91.2 cm³/mol. The summed E-state index contributed by atoms with van der Waals surface area (Å²) in [5.74, 6) is 5.17. The molecular weight excluding hydrogens is 335 g/mol. The molecule has 1 aliphatic heterocycles. The van der Waals surface area contributed by atoms with Crippen molar-refractivity contribution < 1.29 is 9.59 Å². The molecule has 1 fully saturated rings. The van der Waals surface area contributed by atoms with Crippen molar-refractivity contribution in [1.82, 2.24) is 9.80 Å². The number of hydrogen-bond donors (Lipinski definition) is 0. The highest BCUT2D eigenvalue weighted by Gasteiger charge is 2.31. The third-order valence-electron chi connectivity index (χ3n) is 3.77. The third kappa shape index (κ3) is 4.19. The van der Waals surface area contributed by atoms with E-state index >= 15 is 0 Å². The van der Waals surface area contributed by atoms with Gasteiger partial charge in [0.05, 0.1) is 16.1 Å². The number of nitrogens with zero attached hydrogens (tertiary/aromatic N) is 2. The summed E-state index contributed by atoms with van der Waals surface area (Å²) in [4.78, 5) is 27.5. The molecule has 6 heteroatoms. The molecule has 4 nitrogen and oxygen atoms in total. The smallest absolute Gasteiger partial charge is 0.298 e. The zero-order valence-corrected chi connectivity index (χ0v) is 14.6.